The number of hydrogen-bond acceptors (Lipinski definition) is 6. The van der Waals surface area contributed by atoms with Crippen LogP contribution in [0.25, 0.3) is 0 Å². The Kier molecular flexibility index (Phi) is 68.6. The van der Waals surface area contributed by atoms with Crippen LogP contribution in [0.4, 0.5) is 0 Å². The lowest BCUT2D eigenvalue weighted by molar-refractivity contribution is -0.167. The lowest BCUT2D eigenvalue weighted by atomic mass is 10.0. The van der Waals surface area contributed by atoms with Crippen LogP contribution in [-0.2, 0) is 28.6 Å². The minimum absolute atomic E-state index is 0.0765. The lowest BCUT2D eigenvalue weighted by Crippen LogP contribution is -2.30. The summed E-state index contributed by atoms with van der Waals surface area (Å²) in [4.78, 5) is 38.5. The predicted molar refractivity (Wildman–Crippen MR) is 362 cm³/mol. The molecule has 0 aliphatic carbocycles. The monoisotopic (exact) mass is 1160 g/mol. The van der Waals surface area contributed by atoms with Gasteiger partial charge < -0.3 is 14.2 Å². The highest BCUT2D eigenvalue weighted by Gasteiger charge is 2.19. The summed E-state index contributed by atoms with van der Waals surface area (Å²) in [5, 5.41) is 0. The summed E-state index contributed by atoms with van der Waals surface area (Å²) in [5.74, 6) is -0.870. The van der Waals surface area contributed by atoms with Crippen molar-refractivity contribution >= 4 is 17.9 Å². The van der Waals surface area contributed by atoms with Crippen LogP contribution in [0.2, 0.25) is 0 Å². The highest BCUT2D eigenvalue weighted by molar-refractivity contribution is 5.71. The molecule has 0 saturated carbocycles. The van der Waals surface area contributed by atoms with Gasteiger partial charge in [0.1, 0.15) is 13.2 Å². The van der Waals surface area contributed by atoms with E-state index in [1.807, 2.05) is 0 Å². The molecule has 6 heteroatoms. The van der Waals surface area contributed by atoms with E-state index in [4.69, 9.17) is 14.2 Å². The Morgan fingerprint density at radius 1 is 0.253 bits per heavy atom. The topological polar surface area (TPSA) is 78.9 Å². The van der Waals surface area contributed by atoms with Crippen LogP contribution >= 0.6 is 0 Å². The Morgan fingerprint density at radius 2 is 0.470 bits per heavy atom. The standard InChI is InChI=1S/C77H138O6/c1-4-7-10-13-16-19-22-25-28-30-32-33-34-35-36-37-38-39-40-41-42-43-45-46-49-52-55-58-61-64-67-70-76(79)82-73-74(72-81-75(78)69-66-63-60-57-54-51-48-27-24-21-18-15-12-9-6-3)83-77(80)71-68-65-62-59-56-53-50-47-44-31-29-26-23-20-17-14-11-8-5-2/h9,12,18,21-22,25,27,30,32,34-35,48,74H,4-8,10-11,13-17,19-20,23-24,26,28-29,31,33,36-47,49-73H2,1-3H3/b12-9-,21-18-,25-22-,32-30-,35-34-,48-27-. The molecule has 1 atom stereocenters. The number of ether oxygens (including phenoxy) is 3. The first-order valence-corrected chi connectivity index (χ1v) is 36.4. The fraction of sp³-hybridized carbons (Fsp3) is 0.805. The van der Waals surface area contributed by atoms with Crippen LogP contribution in [0.3, 0.4) is 0 Å². The van der Waals surface area contributed by atoms with E-state index in [-0.39, 0.29) is 31.1 Å². The first-order valence-electron chi connectivity index (χ1n) is 36.4. The summed E-state index contributed by atoms with van der Waals surface area (Å²) >= 11 is 0. The minimum atomic E-state index is -0.782. The van der Waals surface area contributed by atoms with Gasteiger partial charge in [0.15, 0.2) is 6.10 Å². The molecule has 482 valence electrons. The van der Waals surface area contributed by atoms with Gasteiger partial charge in [0.05, 0.1) is 0 Å². The van der Waals surface area contributed by atoms with E-state index in [0.29, 0.717) is 19.3 Å². The zero-order chi connectivity index (χ0) is 59.9. The molecule has 0 saturated heterocycles. The van der Waals surface area contributed by atoms with Crippen LogP contribution in [0.15, 0.2) is 72.9 Å². The van der Waals surface area contributed by atoms with Crippen molar-refractivity contribution in [3.63, 3.8) is 0 Å². The largest absolute Gasteiger partial charge is 0.462 e. The van der Waals surface area contributed by atoms with Crippen molar-refractivity contribution in [2.24, 2.45) is 0 Å². The molecule has 0 heterocycles. The van der Waals surface area contributed by atoms with Crippen molar-refractivity contribution in [3.05, 3.63) is 72.9 Å². The predicted octanol–water partition coefficient (Wildman–Crippen LogP) is 25.2. The normalized spacial score (nSPS) is 12.5. The van der Waals surface area contributed by atoms with Gasteiger partial charge in [-0.2, -0.15) is 0 Å². The third kappa shape index (κ3) is 69.5. The summed E-state index contributed by atoms with van der Waals surface area (Å²) < 4.78 is 17.0. The van der Waals surface area contributed by atoms with Crippen LogP contribution in [-0.4, -0.2) is 37.2 Å². The van der Waals surface area contributed by atoms with Gasteiger partial charge >= 0.3 is 17.9 Å². The zero-order valence-corrected chi connectivity index (χ0v) is 55.5. The van der Waals surface area contributed by atoms with E-state index >= 15 is 0 Å². The van der Waals surface area contributed by atoms with Gasteiger partial charge in [-0.05, 0) is 89.9 Å². The molecule has 1 unspecified atom stereocenters. The van der Waals surface area contributed by atoms with Crippen molar-refractivity contribution in [2.45, 2.75) is 386 Å². The van der Waals surface area contributed by atoms with E-state index in [1.165, 1.54) is 231 Å². The molecular weight excluding hydrogens is 1020 g/mol. The van der Waals surface area contributed by atoms with Crippen LogP contribution in [0.5, 0.6) is 0 Å². The zero-order valence-electron chi connectivity index (χ0n) is 55.5. The molecular formula is C77H138O6. The number of carbonyl (C=O) groups is 3. The quantitative estimate of drug-likeness (QED) is 0.0261. The number of unbranched alkanes of at least 4 members (excludes halogenated alkanes) is 44. The second-order valence-corrected chi connectivity index (χ2v) is 24.5. The van der Waals surface area contributed by atoms with Crippen molar-refractivity contribution in [1.29, 1.82) is 0 Å². The van der Waals surface area contributed by atoms with Crippen LogP contribution in [0.1, 0.15) is 380 Å². The Morgan fingerprint density at radius 3 is 0.735 bits per heavy atom. The average molecular weight is 1160 g/mol. The molecule has 6 nitrogen and oxygen atoms in total. The fourth-order valence-electron chi connectivity index (χ4n) is 10.8. The molecule has 0 amide bonds. The van der Waals surface area contributed by atoms with Gasteiger partial charge in [0, 0.05) is 19.3 Å². The molecule has 0 bridgehead atoms. The van der Waals surface area contributed by atoms with Crippen molar-refractivity contribution < 1.29 is 28.6 Å². The molecule has 0 aromatic heterocycles. The smallest absolute Gasteiger partial charge is 0.306 e. The first-order chi connectivity index (χ1) is 41.0. The van der Waals surface area contributed by atoms with Gasteiger partial charge in [-0.3, -0.25) is 14.4 Å². The maximum Gasteiger partial charge on any atom is 0.306 e. The Balaban J connectivity index is 4.22. The van der Waals surface area contributed by atoms with Gasteiger partial charge in [-0.15, -0.1) is 0 Å². The molecule has 0 N–H and O–H groups in total. The summed E-state index contributed by atoms with van der Waals surface area (Å²) in [7, 11) is 0. The molecule has 0 radical (unpaired) electrons. The summed E-state index contributed by atoms with van der Waals surface area (Å²) in [6.45, 7) is 6.56. The second kappa shape index (κ2) is 71.3. The van der Waals surface area contributed by atoms with Crippen LogP contribution < -0.4 is 0 Å². The molecule has 0 spiro atoms. The molecule has 0 aliphatic rings. The Bertz CT molecular complexity index is 1520. The summed E-state index contributed by atoms with van der Waals surface area (Å²) in [6.07, 6.45) is 93.7. The SMILES string of the molecule is CC/C=C\C/C=C\C/C=C\CCCCCCCC(=O)OCC(COC(=O)CCCCCCCCCCCCCCCCCC/C=C\C/C=C\C/C=C\CCCCCCC)OC(=O)CCCCCCCCCCCCCCCCCCCCC. The molecule has 83 heavy (non-hydrogen) atoms. The number of allylic oxidation sites excluding steroid dienone is 12. The van der Waals surface area contributed by atoms with Crippen molar-refractivity contribution in [1.82, 2.24) is 0 Å². The average Bonchev–Trinajstić information content (AvgIpc) is 3.50. The molecule has 0 aromatic rings. The molecule has 0 aliphatic heterocycles. The number of esters is 3. The Hall–Kier alpha value is -3.15. The van der Waals surface area contributed by atoms with Gasteiger partial charge in [-0.25, -0.2) is 0 Å². The van der Waals surface area contributed by atoms with E-state index < -0.39 is 6.10 Å². The van der Waals surface area contributed by atoms with Crippen molar-refractivity contribution in [3.8, 4) is 0 Å². The maximum atomic E-state index is 13.0. The van der Waals surface area contributed by atoms with E-state index in [1.54, 1.807) is 0 Å². The maximum absolute atomic E-state index is 13.0. The first kappa shape index (κ1) is 79.8. The van der Waals surface area contributed by atoms with E-state index in [0.717, 1.165) is 109 Å². The van der Waals surface area contributed by atoms with E-state index in [2.05, 4.69) is 93.7 Å². The van der Waals surface area contributed by atoms with Crippen molar-refractivity contribution in [2.75, 3.05) is 13.2 Å². The van der Waals surface area contributed by atoms with Gasteiger partial charge in [-0.1, -0.05) is 344 Å². The molecule has 0 aromatic carbocycles. The Labute approximate surface area is 516 Å². The number of rotatable bonds is 67. The van der Waals surface area contributed by atoms with Gasteiger partial charge in [0.25, 0.3) is 0 Å². The third-order valence-electron chi connectivity index (χ3n) is 16.2. The molecule has 0 fully saturated rings. The summed E-state index contributed by atoms with van der Waals surface area (Å²) in [6, 6.07) is 0. The third-order valence-corrected chi connectivity index (χ3v) is 16.2. The highest BCUT2D eigenvalue weighted by Crippen LogP contribution is 2.18. The highest BCUT2D eigenvalue weighted by atomic mass is 16.6. The molecule has 0 rings (SSSR count). The number of carbonyl (C=O) groups excluding carboxylic acids is 3. The lowest BCUT2D eigenvalue weighted by Gasteiger charge is -2.18. The van der Waals surface area contributed by atoms with Gasteiger partial charge in [0.2, 0.25) is 0 Å². The fourth-order valence-corrected chi connectivity index (χ4v) is 10.8. The second-order valence-electron chi connectivity index (χ2n) is 24.5. The van der Waals surface area contributed by atoms with E-state index in [9.17, 15) is 14.4 Å². The number of hydrogen-bond donors (Lipinski definition) is 0. The van der Waals surface area contributed by atoms with Crippen LogP contribution in [0, 0.1) is 0 Å². The minimum Gasteiger partial charge on any atom is -0.462 e. The summed E-state index contributed by atoms with van der Waals surface area (Å²) in [5.41, 5.74) is 0.